The van der Waals surface area contributed by atoms with E-state index in [0.29, 0.717) is 5.96 Å². The van der Waals surface area contributed by atoms with Crippen LogP contribution in [0, 0.1) is 0 Å². The molecule has 3 aliphatic heterocycles. The fourth-order valence-corrected chi connectivity index (χ4v) is 4.79. The summed E-state index contributed by atoms with van der Waals surface area (Å²) >= 11 is 0. The molecule has 9 heteroatoms. The minimum Gasteiger partial charge on any atom is -0.465 e. The first-order valence-corrected chi connectivity index (χ1v) is 11.7. The van der Waals surface area contributed by atoms with E-state index in [1.807, 2.05) is 64.5 Å². The summed E-state index contributed by atoms with van der Waals surface area (Å²) in [5.41, 5.74) is 3.96. The number of anilines is 1. The summed E-state index contributed by atoms with van der Waals surface area (Å²) in [6.45, 7) is 3.52. The number of ether oxygens (including phenoxy) is 1. The van der Waals surface area contributed by atoms with Crippen LogP contribution >= 0.6 is 0 Å². The van der Waals surface area contributed by atoms with Crippen LogP contribution in [0.3, 0.4) is 0 Å². The monoisotopic (exact) mass is 473 g/mol. The number of carbonyl (C=O) groups excluding carboxylic acids is 3. The van der Waals surface area contributed by atoms with Gasteiger partial charge in [0.1, 0.15) is 6.54 Å². The van der Waals surface area contributed by atoms with Gasteiger partial charge in [0.2, 0.25) is 5.96 Å². The van der Waals surface area contributed by atoms with E-state index in [4.69, 9.17) is 9.73 Å². The van der Waals surface area contributed by atoms with E-state index in [9.17, 15) is 14.4 Å². The molecule has 2 unspecified atom stereocenters. The van der Waals surface area contributed by atoms with Crippen molar-refractivity contribution in [2.75, 3.05) is 25.1 Å². The minimum atomic E-state index is -0.778. The van der Waals surface area contributed by atoms with Gasteiger partial charge in [-0.2, -0.15) is 0 Å². The lowest BCUT2D eigenvalue weighted by Gasteiger charge is -2.39. The van der Waals surface area contributed by atoms with Gasteiger partial charge in [0.15, 0.2) is 12.2 Å². The zero-order valence-corrected chi connectivity index (χ0v) is 19.9. The molecule has 1 fully saturated rings. The Labute approximate surface area is 203 Å². The number of fused-ring (bicyclic) bond motifs is 3. The number of esters is 1. The van der Waals surface area contributed by atoms with Gasteiger partial charge in [-0.15, -0.1) is 0 Å². The summed E-state index contributed by atoms with van der Waals surface area (Å²) < 4.78 is 4.98. The first-order valence-electron chi connectivity index (χ1n) is 11.7. The van der Waals surface area contributed by atoms with Crippen LogP contribution in [0.25, 0.3) is 5.70 Å². The fourth-order valence-electron chi connectivity index (χ4n) is 4.79. The van der Waals surface area contributed by atoms with Gasteiger partial charge >= 0.3 is 12.0 Å². The highest BCUT2D eigenvalue weighted by Crippen LogP contribution is 2.41. The number of likely N-dealkylation sites (N-methyl/N-ethyl adjacent to an activating group) is 1. The standard InChI is InChI=1S/C26H27N5O4/c1-4-17-11-9-10-14-19(17)31-20(18-12-7-6-8-13-18)15-29-22-23(27-25(29)31)28(3)26(34)30(24(22)33)16-21(32)35-5-2/h6-15,22-23H,4-5,16H2,1-3H3. The number of hydrogen-bond donors (Lipinski definition) is 0. The predicted octanol–water partition coefficient (Wildman–Crippen LogP) is 2.89. The Morgan fingerprint density at radius 3 is 2.46 bits per heavy atom. The zero-order valence-electron chi connectivity index (χ0n) is 19.9. The number of rotatable bonds is 6. The third kappa shape index (κ3) is 3.63. The van der Waals surface area contributed by atoms with Gasteiger partial charge in [0.05, 0.1) is 18.0 Å². The second-order valence-electron chi connectivity index (χ2n) is 8.52. The SMILES string of the molecule is CCOC(=O)CN1C(=O)C2C(N=C3N(c4ccccc4CC)C(c4ccccc4)=CN32)N(C)C1=O. The number of guanidine groups is 1. The van der Waals surface area contributed by atoms with Crippen molar-refractivity contribution >= 4 is 35.3 Å². The van der Waals surface area contributed by atoms with Gasteiger partial charge in [-0.05, 0) is 25.0 Å². The second-order valence-corrected chi connectivity index (χ2v) is 8.52. The van der Waals surface area contributed by atoms with Crippen LogP contribution < -0.4 is 4.90 Å². The summed E-state index contributed by atoms with van der Waals surface area (Å²) in [5.74, 6) is -0.523. The molecule has 3 heterocycles. The summed E-state index contributed by atoms with van der Waals surface area (Å²) in [5, 5.41) is 0. The minimum absolute atomic E-state index is 0.172. The second kappa shape index (κ2) is 8.90. The third-order valence-corrected chi connectivity index (χ3v) is 6.49. The van der Waals surface area contributed by atoms with Gasteiger partial charge in [-0.3, -0.25) is 24.3 Å². The molecule has 0 aliphatic carbocycles. The van der Waals surface area contributed by atoms with E-state index in [2.05, 4.69) is 13.0 Å². The zero-order chi connectivity index (χ0) is 24.7. The average molecular weight is 474 g/mol. The highest BCUT2D eigenvalue weighted by Gasteiger charge is 2.55. The lowest BCUT2D eigenvalue weighted by molar-refractivity contribution is -0.150. The van der Waals surface area contributed by atoms with Crippen LogP contribution in [0.2, 0.25) is 0 Å². The van der Waals surface area contributed by atoms with Gasteiger partial charge in [-0.25, -0.2) is 9.79 Å². The molecule has 35 heavy (non-hydrogen) atoms. The van der Waals surface area contributed by atoms with Gasteiger partial charge < -0.3 is 9.64 Å². The van der Waals surface area contributed by atoms with E-state index in [0.717, 1.165) is 33.8 Å². The maximum absolute atomic E-state index is 13.6. The highest BCUT2D eigenvalue weighted by atomic mass is 16.5. The molecule has 0 spiro atoms. The summed E-state index contributed by atoms with van der Waals surface area (Å²) in [6, 6.07) is 16.7. The summed E-state index contributed by atoms with van der Waals surface area (Å²) in [4.78, 5) is 49.8. The fraction of sp³-hybridized carbons (Fsp3) is 0.308. The number of para-hydroxylation sites is 1. The molecule has 0 bridgehead atoms. The largest absolute Gasteiger partial charge is 0.465 e. The Kier molecular flexibility index (Phi) is 5.76. The molecule has 0 saturated carbocycles. The Balaban J connectivity index is 1.58. The lowest BCUT2D eigenvalue weighted by Crippen LogP contribution is -2.65. The molecule has 1 saturated heterocycles. The first-order chi connectivity index (χ1) is 17.0. The van der Waals surface area contributed by atoms with E-state index in [1.165, 1.54) is 4.90 Å². The third-order valence-electron chi connectivity index (χ3n) is 6.49. The quantitative estimate of drug-likeness (QED) is 0.600. The number of nitrogens with zero attached hydrogens (tertiary/aromatic N) is 5. The predicted molar refractivity (Wildman–Crippen MR) is 131 cm³/mol. The molecule has 3 aliphatic rings. The Hall–Kier alpha value is -4.14. The summed E-state index contributed by atoms with van der Waals surface area (Å²) in [7, 11) is 1.60. The Bertz CT molecular complexity index is 1240. The number of urea groups is 1. The van der Waals surface area contributed by atoms with Crippen molar-refractivity contribution in [3.8, 4) is 0 Å². The van der Waals surface area contributed by atoms with Crippen molar-refractivity contribution in [2.24, 2.45) is 4.99 Å². The number of hydrogen-bond acceptors (Lipinski definition) is 7. The summed E-state index contributed by atoms with van der Waals surface area (Å²) in [6.07, 6.45) is 2.03. The van der Waals surface area contributed by atoms with Gasteiger partial charge in [-0.1, -0.05) is 55.5 Å². The van der Waals surface area contributed by atoms with E-state index >= 15 is 0 Å². The molecule has 3 amide bonds. The van der Waals surface area contributed by atoms with Crippen LogP contribution in [0.15, 0.2) is 65.8 Å². The Morgan fingerprint density at radius 2 is 1.74 bits per heavy atom. The maximum Gasteiger partial charge on any atom is 0.328 e. The van der Waals surface area contributed by atoms with Crippen molar-refractivity contribution in [2.45, 2.75) is 32.5 Å². The lowest BCUT2D eigenvalue weighted by atomic mass is 10.1. The average Bonchev–Trinajstić information content (AvgIpc) is 3.42. The van der Waals surface area contributed by atoms with Crippen molar-refractivity contribution in [3.63, 3.8) is 0 Å². The van der Waals surface area contributed by atoms with Crippen LogP contribution in [-0.2, 0) is 20.7 Å². The molecule has 2 aromatic rings. The molecule has 2 atom stereocenters. The van der Waals surface area contributed by atoms with Crippen molar-refractivity contribution < 1.29 is 19.1 Å². The smallest absolute Gasteiger partial charge is 0.328 e. The number of aryl methyl sites for hydroxylation is 1. The molecule has 9 nitrogen and oxygen atoms in total. The van der Waals surface area contributed by atoms with E-state index < -0.39 is 36.7 Å². The molecular formula is C26H27N5O4. The van der Waals surface area contributed by atoms with E-state index in [-0.39, 0.29) is 6.61 Å². The normalized spacial score (nSPS) is 21.1. The molecule has 180 valence electrons. The van der Waals surface area contributed by atoms with E-state index in [1.54, 1.807) is 14.0 Å². The topological polar surface area (TPSA) is 85.8 Å². The molecule has 2 aromatic carbocycles. The van der Waals surface area contributed by atoms with Crippen molar-refractivity contribution in [3.05, 3.63) is 71.9 Å². The number of carbonyl (C=O) groups is 3. The number of benzene rings is 2. The molecule has 0 N–H and O–H groups in total. The highest BCUT2D eigenvalue weighted by molar-refractivity contribution is 6.16. The van der Waals surface area contributed by atoms with Crippen LogP contribution in [0.1, 0.15) is 25.0 Å². The first kappa shape index (κ1) is 22.6. The van der Waals surface area contributed by atoms with Gasteiger partial charge in [0, 0.05) is 18.8 Å². The molecular weight excluding hydrogens is 446 g/mol. The molecule has 0 aromatic heterocycles. The van der Waals surface area contributed by atoms with Crippen LogP contribution in [-0.4, -0.2) is 71.0 Å². The maximum atomic E-state index is 13.6. The van der Waals surface area contributed by atoms with Crippen LogP contribution in [0.4, 0.5) is 10.5 Å². The van der Waals surface area contributed by atoms with Crippen molar-refractivity contribution in [1.82, 2.24) is 14.7 Å². The van der Waals surface area contributed by atoms with Crippen molar-refractivity contribution in [1.29, 1.82) is 0 Å². The number of aliphatic imine (C=N–C) groups is 1. The Morgan fingerprint density at radius 1 is 1.03 bits per heavy atom. The number of imide groups is 1. The molecule has 5 rings (SSSR count). The number of amides is 3. The van der Waals surface area contributed by atoms with Crippen LogP contribution in [0.5, 0.6) is 0 Å². The molecule has 0 radical (unpaired) electrons. The van der Waals surface area contributed by atoms with Gasteiger partial charge in [0.25, 0.3) is 5.91 Å².